The van der Waals surface area contributed by atoms with Crippen LogP contribution in [0.5, 0.6) is 0 Å². The van der Waals surface area contributed by atoms with E-state index in [0.717, 1.165) is 43.4 Å². The molecule has 2 fully saturated rings. The predicted octanol–water partition coefficient (Wildman–Crippen LogP) is 5.01. The lowest BCUT2D eigenvalue weighted by molar-refractivity contribution is -0.145. The first-order valence-electron chi connectivity index (χ1n) is 10.2. The Morgan fingerprint density at radius 2 is 1.56 bits per heavy atom. The first-order valence-corrected chi connectivity index (χ1v) is 10.2. The third-order valence-corrected chi connectivity index (χ3v) is 6.18. The molecule has 2 heterocycles. The number of alkyl halides is 3. The number of nitrogens with zero attached hydrogens (tertiary/aromatic N) is 1. The molecule has 0 amide bonds. The highest BCUT2D eigenvalue weighted by Crippen LogP contribution is 2.36. The molecule has 0 radical (unpaired) electrons. The van der Waals surface area contributed by atoms with Crippen molar-refractivity contribution in [2.75, 3.05) is 7.05 Å². The van der Waals surface area contributed by atoms with Gasteiger partial charge < -0.3 is 15.1 Å². The predicted molar refractivity (Wildman–Crippen MR) is 120 cm³/mol. The van der Waals surface area contributed by atoms with Crippen molar-refractivity contribution in [2.24, 2.45) is 0 Å². The van der Waals surface area contributed by atoms with E-state index in [1.807, 2.05) is 30.3 Å². The van der Waals surface area contributed by atoms with Gasteiger partial charge in [-0.1, -0.05) is 42.5 Å². The van der Waals surface area contributed by atoms with E-state index in [-0.39, 0.29) is 29.6 Å². The molecule has 0 aliphatic carbocycles. The fourth-order valence-corrected chi connectivity index (χ4v) is 4.49. The van der Waals surface area contributed by atoms with Gasteiger partial charge in [-0.05, 0) is 49.2 Å². The minimum absolute atomic E-state index is 0. The van der Waals surface area contributed by atoms with Gasteiger partial charge in [-0.2, -0.15) is 13.2 Å². The van der Waals surface area contributed by atoms with Gasteiger partial charge in [0.2, 0.25) is 0 Å². The summed E-state index contributed by atoms with van der Waals surface area (Å²) >= 11 is 0. The number of piperidine rings is 1. The molecular formula is C24H27ClF3NO3. The molecule has 2 aromatic rings. The van der Waals surface area contributed by atoms with Crippen LogP contribution in [0, 0.1) is 0 Å². The van der Waals surface area contributed by atoms with E-state index in [0.29, 0.717) is 17.6 Å². The van der Waals surface area contributed by atoms with Gasteiger partial charge in [0.25, 0.3) is 0 Å². The third-order valence-electron chi connectivity index (χ3n) is 6.18. The molecule has 4 nitrogen and oxygen atoms in total. The van der Waals surface area contributed by atoms with E-state index in [4.69, 9.17) is 4.74 Å². The smallest absolute Gasteiger partial charge is 0.416 e. The van der Waals surface area contributed by atoms with Crippen molar-refractivity contribution in [2.45, 2.75) is 50.0 Å². The second-order valence-electron chi connectivity index (χ2n) is 8.09. The van der Waals surface area contributed by atoms with Crippen LogP contribution < -0.4 is 0 Å². The zero-order valence-corrected chi connectivity index (χ0v) is 18.5. The fraction of sp³-hybridized carbons (Fsp3) is 0.375. The maximum atomic E-state index is 13.1. The van der Waals surface area contributed by atoms with E-state index in [2.05, 4.69) is 11.9 Å². The molecule has 2 aromatic carbocycles. The highest BCUT2D eigenvalue weighted by molar-refractivity contribution is 6.21. The highest BCUT2D eigenvalue weighted by Gasteiger charge is 2.40. The molecule has 4 rings (SSSR count). The van der Waals surface area contributed by atoms with E-state index in [9.17, 15) is 18.0 Å². The standard InChI is InChI=1S/C24H24F3NO2.ClH.H2O/c1-28-19-11-12-20(28)15-21(14-19)30-23(29)22(13-16-5-3-2-4-6-16)17-7-9-18(10-8-17)24(25,26)27;;/h2-10,13,19-21H,11-12,14-15H2,1H3;1H;1H2/b22-13+;;/t19-,20+,21?;;. The molecule has 2 bridgehead atoms. The zero-order chi connectivity index (χ0) is 21.3. The zero-order valence-electron chi connectivity index (χ0n) is 17.6. The second kappa shape index (κ2) is 10.5. The van der Waals surface area contributed by atoms with Crippen LogP contribution in [-0.4, -0.2) is 41.6 Å². The van der Waals surface area contributed by atoms with Crippen LogP contribution in [0.4, 0.5) is 13.2 Å². The molecule has 2 aliphatic rings. The number of ether oxygens (including phenoxy) is 1. The molecule has 3 atom stereocenters. The van der Waals surface area contributed by atoms with Crippen molar-refractivity contribution in [1.29, 1.82) is 0 Å². The number of benzene rings is 2. The molecule has 0 spiro atoms. The molecule has 0 aromatic heterocycles. The number of carbonyl (C=O) groups excluding carboxylic acids is 1. The number of fused-ring (bicyclic) bond motifs is 2. The fourth-order valence-electron chi connectivity index (χ4n) is 4.49. The summed E-state index contributed by atoms with van der Waals surface area (Å²) in [5, 5.41) is 0. The molecule has 8 heteroatoms. The van der Waals surface area contributed by atoms with E-state index < -0.39 is 17.7 Å². The second-order valence-corrected chi connectivity index (χ2v) is 8.09. The van der Waals surface area contributed by atoms with Crippen LogP contribution in [0.25, 0.3) is 11.6 Å². The summed E-state index contributed by atoms with van der Waals surface area (Å²) in [4.78, 5) is 15.4. The Kier molecular flexibility index (Phi) is 8.51. The van der Waals surface area contributed by atoms with Crippen molar-refractivity contribution in [3.8, 4) is 0 Å². The van der Waals surface area contributed by atoms with Gasteiger partial charge in [-0.25, -0.2) is 4.79 Å². The summed E-state index contributed by atoms with van der Waals surface area (Å²) in [7, 11) is 2.11. The van der Waals surface area contributed by atoms with Crippen LogP contribution in [0.1, 0.15) is 42.4 Å². The van der Waals surface area contributed by atoms with E-state index >= 15 is 0 Å². The molecule has 2 aliphatic heterocycles. The Morgan fingerprint density at radius 3 is 2.09 bits per heavy atom. The van der Waals surface area contributed by atoms with Crippen molar-refractivity contribution < 1.29 is 28.2 Å². The van der Waals surface area contributed by atoms with Gasteiger partial charge in [0, 0.05) is 24.9 Å². The molecule has 2 saturated heterocycles. The number of carbonyl (C=O) groups is 1. The average Bonchev–Trinajstić information content (AvgIpc) is 2.93. The number of esters is 1. The molecule has 0 saturated carbocycles. The van der Waals surface area contributed by atoms with Crippen molar-refractivity contribution in [1.82, 2.24) is 4.90 Å². The van der Waals surface area contributed by atoms with E-state index in [1.54, 1.807) is 6.08 Å². The number of hydrogen-bond acceptors (Lipinski definition) is 3. The van der Waals surface area contributed by atoms with Gasteiger partial charge in [0.05, 0.1) is 11.1 Å². The maximum absolute atomic E-state index is 13.1. The summed E-state index contributed by atoms with van der Waals surface area (Å²) in [6, 6.07) is 14.7. The summed E-state index contributed by atoms with van der Waals surface area (Å²) in [5.41, 5.74) is 0.715. The largest absolute Gasteiger partial charge is 0.459 e. The molecular weight excluding hydrogens is 443 g/mol. The first-order chi connectivity index (χ1) is 14.3. The van der Waals surface area contributed by atoms with Crippen LogP contribution in [0.2, 0.25) is 0 Å². The summed E-state index contributed by atoms with van der Waals surface area (Å²) in [6.07, 6.45) is 0.903. The first kappa shape index (κ1) is 25.9. The van der Waals surface area contributed by atoms with Gasteiger partial charge in [0.1, 0.15) is 6.10 Å². The quantitative estimate of drug-likeness (QED) is 0.359. The van der Waals surface area contributed by atoms with Gasteiger partial charge in [0.15, 0.2) is 0 Å². The molecule has 2 N–H and O–H groups in total. The summed E-state index contributed by atoms with van der Waals surface area (Å²) in [5.74, 6) is -0.493. The van der Waals surface area contributed by atoms with E-state index in [1.165, 1.54) is 12.1 Å². The van der Waals surface area contributed by atoms with Crippen molar-refractivity contribution in [3.05, 3.63) is 71.3 Å². The van der Waals surface area contributed by atoms with Gasteiger partial charge >= 0.3 is 12.1 Å². The topological polar surface area (TPSA) is 61.0 Å². The summed E-state index contributed by atoms with van der Waals surface area (Å²) in [6.45, 7) is 0. The lowest BCUT2D eigenvalue weighted by Gasteiger charge is -2.35. The Balaban J connectivity index is 0.00000181. The number of hydrogen-bond donors (Lipinski definition) is 0. The van der Waals surface area contributed by atoms with Crippen molar-refractivity contribution >= 4 is 30.0 Å². The Bertz CT molecular complexity index is 918. The summed E-state index contributed by atoms with van der Waals surface area (Å²) < 4.78 is 44.7. The molecule has 174 valence electrons. The molecule has 1 unspecified atom stereocenters. The Labute approximate surface area is 191 Å². The lowest BCUT2D eigenvalue weighted by Crippen LogP contribution is -2.43. The highest BCUT2D eigenvalue weighted by atomic mass is 35.5. The minimum Gasteiger partial charge on any atom is -0.459 e. The van der Waals surface area contributed by atoms with Crippen LogP contribution in [-0.2, 0) is 15.7 Å². The average molecular weight is 470 g/mol. The van der Waals surface area contributed by atoms with Crippen LogP contribution in [0.3, 0.4) is 0 Å². The number of rotatable bonds is 4. The third kappa shape index (κ3) is 5.71. The van der Waals surface area contributed by atoms with Crippen LogP contribution in [0.15, 0.2) is 54.6 Å². The normalized spacial score (nSPS) is 23.1. The Morgan fingerprint density at radius 1 is 1.00 bits per heavy atom. The molecule has 32 heavy (non-hydrogen) atoms. The van der Waals surface area contributed by atoms with Gasteiger partial charge in [-0.15, -0.1) is 12.4 Å². The van der Waals surface area contributed by atoms with Crippen molar-refractivity contribution in [3.63, 3.8) is 0 Å². The number of halogens is 4. The lowest BCUT2D eigenvalue weighted by atomic mass is 9.99. The van der Waals surface area contributed by atoms with Crippen LogP contribution >= 0.6 is 12.4 Å². The minimum atomic E-state index is -4.42. The maximum Gasteiger partial charge on any atom is 0.416 e. The Hall–Kier alpha value is -2.35. The monoisotopic (exact) mass is 469 g/mol. The van der Waals surface area contributed by atoms with Gasteiger partial charge in [-0.3, -0.25) is 0 Å². The SMILES string of the molecule is CN1[C@@H]2CC[C@H]1CC(OC(=O)/C(=C/c1ccccc1)c1ccc(C(F)(F)F)cc1)C2.Cl.O.